The number of para-hydroxylation sites is 1. The molecule has 2 aromatic carbocycles. The van der Waals surface area contributed by atoms with Gasteiger partial charge in [0.05, 0.1) is 16.6 Å². The van der Waals surface area contributed by atoms with Crippen LogP contribution in [0.3, 0.4) is 0 Å². The van der Waals surface area contributed by atoms with Gasteiger partial charge in [0.15, 0.2) is 0 Å². The van der Waals surface area contributed by atoms with Crippen LogP contribution in [0.2, 0.25) is 0 Å². The monoisotopic (exact) mass is 239 g/mol. The maximum Gasteiger partial charge on any atom is 0.124 e. The van der Waals surface area contributed by atoms with E-state index in [9.17, 15) is 5.11 Å². The van der Waals surface area contributed by atoms with Gasteiger partial charge in [-0.15, -0.1) is 0 Å². The van der Waals surface area contributed by atoms with Gasteiger partial charge in [-0.05, 0) is 24.3 Å². The van der Waals surface area contributed by atoms with Crippen LogP contribution in [0.5, 0.6) is 5.75 Å². The first kappa shape index (κ1) is 10.7. The summed E-state index contributed by atoms with van der Waals surface area (Å²) in [5.74, 6) is 0.227. The summed E-state index contributed by atoms with van der Waals surface area (Å²) in [7, 11) is 1.85. The number of aromatic nitrogens is 2. The number of aryl methyl sites for hydroxylation is 1. The van der Waals surface area contributed by atoms with Crippen LogP contribution in [0.25, 0.3) is 22.2 Å². The lowest BCUT2D eigenvalue weighted by Crippen LogP contribution is -1.94. The predicted molar refractivity (Wildman–Crippen MR) is 72.2 cm³/mol. The zero-order chi connectivity index (χ0) is 12.7. The van der Waals surface area contributed by atoms with Crippen molar-refractivity contribution in [3.05, 3.63) is 42.5 Å². The number of fused-ring (bicyclic) bond motifs is 1. The van der Waals surface area contributed by atoms with Crippen LogP contribution in [0, 0.1) is 0 Å². The third kappa shape index (κ3) is 1.43. The van der Waals surface area contributed by atoms with Crippen molar-refractivity contribution < 1.29 is 5.11 Å². The van der Waals surface area contributed by atoms with Gasteiger partial charge in [0, 0.05) is 18.3 Å². The Morgan fingerprint density at radius 3 is 2.67 bits per heavy atom. The number of nitrogen functional groups attached to an aromatic ring is 1. The number of benzene rings is 2. The zero-order valence-electron chi connectivity index (χ0n) is 9.96. The molecule has 3 aromatic rings. The molecule has 0 aliphatic carbocycles. The van der Waals surface area contributed by atoms with Gasteiger partial charge in [0.1, 0.15) is 5.75 Å². The molecule has 0 bridgehead atoms. The molecule has 0 radical (unpaired) electrons. The van der Waals surface area contributed by atoms with E-state index < -0.39 is 0 Å². The van der Waals surface area contributed by atoms with Crippen molar-refractivity contribution in [2.24, 2.45) is 7.05 Å². The summed E-state index contributed by atoms with van der Waals surface area (Å²) in [5, 5.41) is 15.3. The fourth-order valence-electron chi connectivity index (χ4n) is 2.26. The average Bonchev–Trinajstić information content (AvgIpc) is 2.68. The molecule has 0 atom stereocenters. The van der Waals surface area contributed by atoms with E-state index in [-0.39, 0.29) is 5.75 Å². The Bertz CT molecular complexity index is 731. The normalized spacial score (nSPS) is 10.9. The highest BCUT2D eigenvalue weighted by Gasteiger charge is 2.15. The van der Waals surface area contributed by atoms with Crippen LogP contribution >= 0.6 is 0 Å². The molecule has 0 spiro atoms. The zero-order valence-corrected chi connectivity index (χ0v) is 9.96. The Balaban J connectivity index is 2.43. The van der Waals surface area contributed by atoms with Gasteiger partial charge in [-0.3, -0.25) is 4.68 Å². The summed E-state index contributed by atoms with van der Waals surface area (Å²) in [6.07, 6.45) is 0. The van der Waals surface area contributed by atoms with Gasteiger partial charge in [0.25, 0.3) is 0 Å². The molecular weight excluding hydrogens is 226 g/mol. The smallest absolute Gasteiger partial charge is 0.124 e. The van der Waals surface area contributed by atoms with Gasteiger partial charge < -0.3 is 10.8 Å². The molecule has 1 aromatic heterocycles. The fraction of sp³-hybridized carbons (Fsp3) is 0.0714. The number of nitrogens with two attached hydrogens (primary N) is 1. The topological polar surface area (TPSA) is 64.1 Å². The Kier molecular flexibility index (Phi) is 2.23. The molecule has 0 aliphatic rings. The Labute approximate surface area is 104 Å². The summed E-state index contributed by atoms with van der Waals surface area (Å²) in [4.78, 5) is 0. The number of anilines is 1. The van der Waals surface area contributed by atoms with Crippen LogP contribution in [-0.4, -0.2) is 14.9 Å². The second-order valence-electron chi connectivity index (χ2n) is 4.23. The van der Waals surface area contributed by atoms with Gasteiger partial charge >= 0.3 is 0 Å². The number of rotatable bonds is 1. The standard InChI is InChI=1S/C14H13N3O/c1-17-14(9-5-2-3-8-12(9)18)13-10(15)6-4-7-11(13)16-17/h2-8,18H,15H2,1H3. The number of aromatic hydroxyl groups is 1. The molecule has 3 rings (SSSR count). The molecule has 0 saturated carbocycles. The largest absolute Gasteiger partial charge is 0.507 e. The van der Waals surface area contributed by atoms with E-state index in [2.05, 4.69) is 5.10 Å². The fourth-order valence-corrected chi connectivity index (χ4v) is 2.26. The van der Waals surface area contributed by atoms with Crippen LogP contribution < -0.4 is 5.73 Å². The first-order valence-corrected chi connectivity index (χ1v) is 5.68. The minimum atomic E-state index is 0.227. The molecule has 18 heavy (non-hydrogen) atoms. The SMILES string of the molecule is Cn1nc2cccc(N)c2c1-c1ccccc1O. The minimum Gasteiger partial charge on any atom is -0.507 e. The van der Waals surface area contributed by atoms with Crippen LogP contribution in [0.4, 0.5) is 5.69 Å². The van der Waals surface area contributed by atoms with Crippen LogP contribution in [0.1, 0.15) is 0 Å². The van der Waals surface area contributed by atoms with E-state index in [4.69, 9.17) is 5.73 Å². The van der Waals surface area contributed by atoms with Crippen molar-refractivity contribution in [1.29, 1.82) is 0 Å². The maximum atomic E-state index is 9.98. The minimum absolute atomic E-state index is 0.227. The molecule has 0 unspecified atom stereocenters. The molecule has 1 heterocycles. The number of phenols is 1. The molecule has 0 fully saturated rings. The molecule has 0 aliphatic heterocycles. The lowest BCUT2D eigenvalue weighted by atomic mass is 10.1. The Morgan fingerprint density at radius 2 is 1.89 bits per heavy atom. The third-order valence-corrected chi connectivity index (χ3v) is 3.05. The average molecular weight is 239 g/mol. The highest BCUT2D eigenvalue weighted by molar-refractivity contribution is 6.02. The van der Waals surface area contributed by atoms with E-state index >= 15 is 0 Å². The van der Waals surface area contributed by atoms with Crippen molar-refractivity contribution in [2.75, 3.05) is 5.73 Å². The van der Waals surface area contributed by atoms with Gasteiger partial charge in [-0.2, -0.15) is 5.10 Å². The highest BCUT2D eigenvalue weighted by atomic mass is 16.3. The molecule has 0 amide bonds. The number of hydrogen-bond donors (Lipinski definition) is 2. The number of phenolic OH excluding ortho intramolecular Hbond substituents is 1. The lowest BCUT2D eigenvalue weighted by molar-refractivity contribution is 0.476. The van der Waals surface area contributed by atoms with Crippen molar-refractivity contribution in [3.8, 4) is 17.0 Å². The second kappa shape index (κ2) is 3.77. The number of nitrogens with zero attached hydrogens (tertiary/aromatic N) is 2. The summed E-state index contributed by atoms with van der Waals surface area (Å²) in [6, 6.07) is 12.8. The molecule has 4 heteroatoms. The maximum absolute atomic E-state index is 9.98. The van der Waals surface area contributed by atoms with E-state index in [1.807, 2.05) is 37.4 Å². The molecular formula is C14H13N3O. The van der Waals surface area contributed by atoms with Crippen LogP contribution in [0.15, 0.2) is 42.5 Å². The summed E-state index contributed by atoms with van der Waals surface area (Å²) in [5.41, 5.74) is 9.09. The second-order valence-corrected chi connectivity index (χ2v) is 4.23. The van der Waals surface area contributed by atoms with Crippen LogP contribution in [-0.2, 0) is 7.05 Å². The Morgan fingerprint density at radius 1 is 1.11 bits per heavy atom. The van der Waals surface area contributed by atoms with E-state index in [1.54, 1.807) is 16.8 Å². The van der Waals surface area contributed by atoms with Crippen molar-refractivity contribution in [3.63, 3.8) is 0 Å². The quantitative estimate of drug-likeness (QED) is 0.641. The molecule has 90 valence electrons. The first-order valence-electron chi connectivity index (χ1n) is 5.68. The van der Waals surface area contributed by atoms with Gasteiger partial charge in [-0.1, -0.05) is 18.2 Å². The summed E-state index contributed by atoms with van der Waals surface area (Å²) < 4.78 is 1.75. The summed E-state index contributed by atoms with van der Waals surface area (Å²) >= 11 is 0. The van der Waals surface area contributed by atoms with E-state index in [0.29, 0.717) is 5.69 Å². The molecule has 4 nitrogen and oxygen atoms in total. The van der Waals surface area contributed by atoms with E-state index in [0.717, 1.165) is 22.2 Å². The molecule has 3 N–H and O–H groups in total. The molecule has 0 saturated heterocycles. The number of hydrogen-bond acceptors (Lipinski definition) is 3. The third-order valence-electron chi connectivity index (χ3n) is 3.05. The lowest BCUT2D eigenvalue weighted by Gasteiger charge is -2.06. The van der Waals surface area contributed by atoms with Crippen molar-refractivity contribution >= 4 is 16.6 Å². The van der Waals surface area contributed by atoms with Crippen molar-refractivity contribution in [1.82, 2.24) is 9.78 Å². The highest BCUT2D eigenvalue weighted by Crippen LogP contribution is 2.36. The Hall–Kier alpha value is -2.49. The van der Waals surface area contributed by atoms with Gasteiger partial charge in [-0.25, -0.2) is 0 Å². The predicted octanol–water partition coefficient (Wildman–Crippen LogP) is 2.53. The van der Waals surface area contributed by atoms with E-state index in [1.165, 1.54) is 0 Å². The van der Waals surface area contributed by atoms with Crippen molar-refractivity contribution in [2.45, 2.75) is 0 Å². The first-order chi connectivity index (χ1) is 8.68. The van der Waals surface area contributed by atoms with Gasteiger partial charge in [0.2, 0.25) is 0 Å². The summed E-state index contributed by atoms with van der Waals surface area (Å²) in [6.45, 7) is 0.